The Morgan fingerprint density at radius 2 is 1.79 bits per heavy atom. The first kappa shape index (κ1) is 29.4. The van der Waals surface area contributed by atoms with Gasteiger partial charge in [0.2, 0.25) is 0 Å². The molecule has 3 atom stereocenters. The predicted molar refractivity (Wildman–Crippen MR) is 151 cm³/mol. The van der Waals surface area contributed by atoms with Gasteiger partial charge in [-0.2, -0.15) is 0 Å². The van der Waals surface area contributed by atoms with Gasteiger partial charge in [0.05, 0.1) is 0 Å². The monoisotopic (exact) mass is 701 g/mol. The molecule has 0 radical (unpaired) electrons. The molecule has 0 aliphatic rings. The Bertz CT molecular complexity index is 935. The number of nitrogens with zero attached hydrogens (tertiary/aromatic N) is 1. The molecule has 0 bridgehead atoms. The van der Waals surface area contributed by atoms with E-state index >= 15 is 0 Å². The zero-order valence-corrected chi connectivity index (χ0v) is 28.9. The number of rotatable bonds is 11. The van der Waals surface area contributed by atoms with Crippen molar-refractivity contribution in [3.05, 3.63) is 58.1 Å². The topological polar surface area (TPSA) is 12.5 Å². The van der Waals surface area contributed by atoms with E-state index in [2.05, 4.69) is 97.7 Å². The quantitative estimate of drug-likeness (QED) is 0.174. The van der Waals surface area contributed by atoms with Crippen LogP contribution in [0.2, 0.25) is 0 Å². The molecule has 2 rings (SSSR count). The standard InChI is InChI=1S/C27H42NOP.2ClH.Tl/c1-10-20(5)27(7,8)24-16-18(3)15-23(25(24)29)21(6)30-26-19(4)13-12-14-22(26)17-28(9)11-2;;;/h12-16,20-21,29-30H,10-11,17H2,1-9H3;2*1H;/q;;;+3/p-3. The molecule has 0 saturated heterocycles. The van der Waals surface area contributed by atoms with Gasteiger partial charge in [-0.05, 0) is 0 Å². The zero-order chi connectivity index (χ0) is 24.9. The fourth-order valence-electron chi connectivity index (χ4n) is 4.36. The summed E-state index contributed by atoms with van der Waals surface area (Å²) in [6.45, 7) is 20.2. The Balaban J connectivity index is 2.59. The van der Waals surface area contributed by atoms with Gasteiger partial charge in [0.25, 0.3) is 0 Å². The van der Waals surface area contributed by atoms with E-state index in [1.807, 2.05) is 0 Å². The summed E-state index contributed by atoms with van der Waals surface area (Å²) in [4.78, 5) is 2.36. The molecule has 6 heteroatoms. The third-order valence-corrected chi connectivity index (χ3v) is 12.1. The van der Waals surface area contributed by atoms with Crippen LogP contribution in [-0.4, -0.2) is 39.2 Å². The second-order valence-corrected chi connectivity index (χ2v) is 23.5. The van der Waals surface area contributed by atoms with Crippen LogP contribution in [0.25, 0.3) is 0 Å². The normalized spacial score (nSPS) is 14.2. The van der Waals surface area contributed by atoms with E-state index in [0.29, 0.717) is 20.2 Å². The molecule has 0 aliphatic carbocycles. The van der Waals surface area contributed by atoms with Crippen molar-refractivity contribution in [1.29, 1.82) is 0 Å². The number of aryl methyl sites for hydroxylation is 2. The van der Waals surface area contributed by atoms with Gasteiger partial charge in [-0.15, -0.1) is 0 Å². The van der Waals surface area contributed by atoms with Crippen LogP contribution in [0.3, 0.4) is 0 Å². The van der Waals surface area contributed by atoms with Crippen LogP contribution in [0.15, 0.2) is 30.3 Å². The fraction of sp³-hybridized carbons (Fsp3) is 0.556. The summed E-state index contributed by atoms with van der Waals surface area (Å²) in [7, 11) is 15.7. The van der Waals surface area contributed by atoms with Crippen molar-refractivity contribution in [3.63, 3.8) is 0 Å². The fourth-order valence-corrected chi connectivity index (χ4v) is 9.10. The van der Waals surface area contributed by atoms with Gasteiger partial charge >= 0.3 is 222 Å². The SMILES string of the molecule is CCC(C)C(C)(C)c1cc(C)cc(C(C)Pc2c(C)cccc2CN(C)CC)c1[O][Tl]([Cl])[Cl]. The number of hydrogen-bond acceptors (Lipinski definition) is 2. The first-order valence-electron chi connectivity index (χ1n) is 12.1. The second kappa shape index (κ2) is 12.9. The molecule has 33 heavy (non-hydrogen) atoms. The van der Waals surface area contributed by atoms with Gasteiger partial charge < -0.3 is 0 Å². The molecule has 0 fully saturated rings. The van der Waals surface area contributed by atoms with Crippen molar-refractivity contribution in [2.45, 2.75) is 79.4 Å². The van der Waals surface area contributed by atoms with Gasteiger partial charge in [0.1, 0.15) is 0 Å². The summed E-state index contributed by atoms with van der Waals surface area (Å²) in [5.74, 6) is 1.48. The van der Waals surface area contributed by atoms with Gasteiger partial charge in [-0.1, -0.05) is 0 Å². The van der Waals surface area contributed by atoms with Crippen LogP contribution in [0.5, 0.6) is 5.75 Å². The van der Waals surface area contributed by atoms with E-state index in [1.165, 1.54) is 33.1 Å². The van der Waals surface area contributed by atoms with Crippen LogP contribution >= 0.6 is 25.2 Å². The van der Waals surface area contributed by atoms with Crippen molar-refractivity contribution in [1.82, 2.24) is 4.90 Å². The van der Waals surface area contributed by atoms with E-state index in [1.54, 1.807) is 0 Å². The molecule has 0 aromatic heterocycles. The van der Waals surface area contributed by atoms with Crippen molar-refractivity contribution >= 4 is 51.2 Å². The van der Waals surface area contributed by atoms with Gasteiger partial charge in [-0.3, -0.25) is 0 Å². The first-order valence-corrected chi connectivity index (χ1v) is 26.0. The van der Waals surface area contributed by atoms with Crippen molar-refractivity contribution in [3.8, 4) is 5.75 Å². The van der Waals surface area contributed by atoms with Crippen LogP contribution in [0.1, 0.15) is 81.4 Å². The summed E-state index contributed by atoms with van der Waals surface area (Å²) in [5.41, 5.74) is 6.86. The van der Waals surface area contributed by atoms with E-state index in [9.17, 15) is 0 Å². The van der Waals surface area contributed by atoms with Crippen molar-refractivity contribution < 1.29 is 2.69 Å². The molecule has 0 N–H and O–H groups in total. The molecule has 0 amide bonds. The Labute approximate surface area is 220 Å². The molecular weight excluding hydrogens is 661 g/mol. The molecular formula is C27H41Cl2NOPTl. The van der Waals surface area contributed by atoms with E-state index in [-0.39, 0.29) is 5.41 Å². The Hall–Kier alpha value is 0.132. The maximum atomic E-state index is 6.41. The summed E-state index contributed by atoms with van der Waals surface area (Å²) < 4.78 is 6.36. The maximum absolute atomic E-state index is 6.41. The number of benzene rings is 2. The summed E-state index contributed by atoms with van der Waals surface area (Å²) in [6, 6.07) is 11.3. The van der Waals surface area contributed by atoms with Gasteiger partial charge in [0, 0.05) is 0 Å². The molecule has 2 nitrogen and oxygen atoms in total. The Kier molecular flexibility index (Phi) is 11.5. The number of hydrogen-bond donors (Lipinski definition) is 0. The molecule has 182 valence electrons. The summed E-state index contributed by atoms with van der Waals surface area (Å²) >= 11 is -3.15. The minimum atomic E-state index is -3.15. The van der Waals surface area contributed by atoms with E-state index < -0.39 is 20.7 Å². The van der Waals surface area contributed by atoms with Crippen molar-refractivity contribution in [2.24, 2.45) is 5.92 Å². The third-order valence-electron chi connectivity index (χ3n) is 7.17. The molecule has 0 aliphatic heterocycles. The third kappa shape index (κ3) is 7.56. The molecule has 0 heterocycles. The summed E-state index contributed by atoms with van der Waals surface area (Å²) in [5, 5.41) is 1.47. The Morgan fingerprint density at radius 3 is 2.36 bits per heavy atom. The number of halogens is 2. The van der Waals surface area contributed by atoms with Crippen LogP contribution < -0.4 is 7.99 Å². The van der Waals surface area contributed by atoms with Crippen LogP contribution in [0, 0.1) is 19.8 Å². The molecule has 0 spiro atoms. The van der Waals surface area contributed by atoms with Crippen LogP contribution in [0.4, 0.5) is 0 Å². The summed E-state index contributed by atoms with van der Waals surface area (Å²) in [6.07, 6.45) is 1.11. The molecule has 3 unspecified atom stereocenters. The van der Waals surface area contributed by atoms with E-state index in [4.69, 9.17) is 19.3 Å². The molecule has 0 saturated carbocycles. The average molecular weight is 702 g/mol. The first-order chi connectivity index (χ1) is 15.4. The zero-order valence-electron chi connectivity index (χ0n) is 21.9. The minimum absolute atomic E-state index is 0.0259. The average Bonchev–Trinajstić information content (AvgIpc) is 2.75. The van der Waals surface area contributed by atoms with Crippen molar-refractivity contribution in [2.75, 3.05) is 13.6 Å². The predicted octanol–water partition coefficient (Wildman–Crippen LogP) is 7.99. The van der Waals surface area contributed by atoms with Crippen LogP contribution in [-0.2, 0) is 12.0 Å². The molecule has 2 aromatic rings. The Morgan fingerprint density at radius 1 is 1.12 bits per heavy atom. The van der Waals surface area contributed by atoms with Gasteiger partial charge in [0.15, 0.2) is 0 Å². The second-order valence-electron chi connectivity index (χ2n) is 9.95. The molecule has 2 aromatic carbocycles. The van der Waals surface area contributed by atoms with Gasteiger partial charge in [-0.25, -0.2) is 0 Å². The van der Waals surface area contributed by atoms with E-state index in [0.717, 1.165) is 25.3 Å².